The molecule has 0 saturated heterocycles. The van der Waals surface area contributed by atoms with Gasteiger partial charge in [0.15, 0.2) is 0 Å². The third-order valence-electron chi connectivity index (χ3n) is 3.64. The maximum atomic E-state index is 12.1. The van der Waals surface area contributed by atoms with Gasteiger partial charge in [-0.3, -0.25) is 4.79 Å². The van der Waals surface area contributed by atoms with Gasteiger partial charge in [-0.15, -0.1) is 0 Å². The zero-order valence-corrected chi connectivity index (χ0v) is 11.8. The van der Waals surface area contributed by atoms with Crippen LogP contribution in [0.15, 0.2) is 4.52 Å². The van der Waals surface area contributed by atoms with Crippen LogP contribution in [0.1, 0.15) is 37.8 Å². The smallest absolute Gasteiger partial charge is 0.225 e. The van der Waals surface area contributed by atoms with Crippen LogP contribution >= 0.6 is 0 Å². The van der Waals surface area contributed by atoms with E-state index in [4.69, 9.17) is 10.3 Å². The van der Waals surface area contributed by atoms with E-state index in [2.05, 4.69) is 10.5 Å². The van der Waals surface area contributed by atoms with E-state index in [9.17, 15) is 4.79 Å². The molecule has 0 spiro atoms. The molecule has 0 radical (unpaired) electrons. The topological polar surface area (TPSA) is 81.2 Å². The maximum Gasteiger partial charge on any atom is 0.225 e. The number of carbonyl (C=O) groups is 1. The number of nitrogens with two attached hydrogens (primary N) is 1. The second-order valence-electron chi connectivity index (χ2n) is 5.30. The van der Waals surface area contributed by atoms with Crippen LogP contribution in [0, 0.1) is 19.8 Å². The van der Waals surface area contributed by atoms with Crippen molar-refractivity contribution in [3.8, 4) is 0 Å². The second-order valence-corrected chi connectivity index (χ2v) is 5.30. The van der Waals surface area contributed by atoms with E-state index in [1.807, 2.05) is 34.6 Å². The Morgan fingerprint density at radius 2 is 2.11 bits per heavy atom. The lowest BCUT2D eigenvalue weighted by atomic mass is 9.88. The van der Waals surface area contributed by atoms with Crippen molar-refractivity contribution in [3.63, 3.8) is 0 Å². The highest BCUT2D eigenvalue weighted by atomic mass is 16.5. The number of nitrogens with one attached hydrogen (secondary N) is 1. The summed E-state index contributed by atoms with van der Waals surface area (Å²) >= 11 is 0. The van der Waals surface area contributed by atoms with Gasteiger partial charge >= 0.3 is 0 Å². The normalized spacial score (nSPS) is 14.6. The van der Waals surface area contributed by atoms with Gasteiger partial charge in [-0.05, 0) is 26.7 Å². The SMILES string of the molecule is Cc1noc(C)c1CC(=O)NC(C)(CN)C(C)C. The fraction of sp³-hybridized carbons (Fsp3) is 0.692. The van der Waals surface area contributed by atoms with E-state index >= 15 is 0 Å². The molecule has 0 saturated carbocycles. The van der Waals surface area contributed by atoms with Crippen LogP contribution < -0.4 is 11.1 Å². The molecule has 5 nitrogen and oxygen atoms in total. The van der Waals surface area contributed by atoms with E-state index in [1.54, 1.807) is 0 Å². The summed E-state index contributed by atoms with van der Waals surface area (Å²) < 4.78 is 5.05. The van der Waals surface area contributed by atoms with Gasteiger partial charge in [0.1, 0.15) is 5.76 Å². The largest absolute Gasteiger partial charge is 0.361 e. The first-order chi connectivity index (χ1) is 8.30. The zero-order chi connectivity index (χ0) is 13.9. The van der Waals surface area contributed by atoms with Crippen molar-refractivity contribution in [2.45, 2.75) is 46.6 Å². The summed E-state index contributed by atoms with van der Waals surface area (Å²) in [4.78, 5) is 12.1. The van der Waals surface area contributed by atoms with E-state index in [-0.39, 0.29) is 23.8 Å². The summed E-state index contributed by atoms with van der Waals surface area (Å²) in [5.74, 6) is 0.920. The molecule has 1 aromatic heterocycles. The molecule has 1 unspecified atom stereocenters. The molecular weight excluding hydrogens is 230 g/mol. The van der Waals surface area contributed by atoms with Crippen molar-refractivity contribution in [1.29, 1.82) is 0 Å². The molecule has 0 fully saturated rings. The number of hydrogen-bond acceptors (Lipinski definition) is 4. The molecule has 1 heterocycles. The number of amides is 1. The molecule has 18 heavy (non-hydrogen) atoms. The minimum absolute atomic E-state index is 0.0500. The Morgan fingerprint density at radius 1 is 1.50 bits per heavy atom. The third-order valence-corrected chi connectivity index (χ3v) is 3.64. The van der Waals surface area contributed by atoms with Crippen molar-refractivity contribution in [1.82, 2.24) is 10.5 Å². The van der Waals surface area contributed by atoms with Crippen LogP contribution in [0.25, 0.3) is 0 Å². The first-order valence-corrected chi connectivity index (χ1v) is 6.23. The van der Waals surface area contributed by atoms with Crippen molar-refractivity contribution >= 4 is 5.91 Å². The standard InChI is InChI=1S/C13H23N3O2/c1-8(2)13(5,7-14)15-12(17)6-11-9(3)16-18-10(11)4/h8H,6-7,14H2,1-5H3,(H,15,17). The first-order valence-electron chi connectivity index (χ1n) is 6.23. The highest BCUT2D eigenvalue weighted by Crippen LogP contribution is 2.17. The number of aromatic nitrogens is 1. The maximum absolute atomic E-state index is 12.1. The van der Waals surface area contributed by atoms with Gasteiger partial charge in [-0.25, -0.2) is 0 Å². The molecule has 5 heteroatoms. The molecule has 1 amide bonds. The lowest BCUT2D eigenvalue weighted by molar-refractivity contribution is -0.122. The van der Waals surface area contributed by atoms with Crippen molar-refractivity contribution in [2.24, 2.45) is 11.7 Å². The summed E-state index contributed by atoms with van der Waals surface area (Å²) in [6.45, 7) is 10.1. The van der Waals surface area contributed by atoms with Gasteiger partial charge in [0.05, 0.1) is 17.7 Å². The number of carbonyl (C=O) groups excluding carboxylic acids is 1. The predicted octanol–water partition coefficient (Wildman–Crippen LogP) is 1.32. The van der Waals surface area contributed by atoms with Gasteiger partial charge in [0.25, 0.3) is 0 Å². The van der Waals surface area contributed by atoms with E-state index in [1.165, 1.54) is 0 Å². The average Bonchev–Trinajstić information content (AvgIpc) is 2.60. The second kappa shape index (κ2) is 5.52. The molecule has 0 aromatic carbocycles. The van der Waals surface area contributed by atoms with Crippen LogP contribution in [0.4, 0.5) is 0 Å². The molecule has 1 aromatic rings. The van der Waals surface area contributed by atoms with Gasteiger partial charge < -0.3 is 15.6 Å². The molecule has 1 rings (SSSR count). The highest BCUT2D eigenvalue weighted by molar-refractivity contribution is 5.79. The Bertz CT molecular complexity index is 406. The van der Waals surface area contributed by atoms with E-state index in [0.29, 0.717) is 12.3 Å². The number of rotatable bonds is 5. The monoisotopic (exact) mass is 253 g/mol. The Balaban J connectivity index is 2.73. The van der Waals surface area contributed by atoms with E-state index in [0.717, 1.165) is 11.3 Å². The molecule has 0 aliphatic carbocycles. The molecule has 0 aliphatic rings. The van der Waals surface area contributed by atoms with Crippen LogP contribution in [-0.2, 0) is 11.2 Å². The number of hydrogen-bond donors (Lipinski definition) is 2. The summed E-state index contributed by atoms with van der Waals surface area (Å²) in [7, 11) is 0. The molecular formula is C13H23N3O2. The Labute approximate surface area is 108 Å². The summed E-state index contributed by atoms with van der Waals surface area (Å²) in [5, 5.41) is 6.84. The van der Waals surface area contributed by atoms with Crippen molar-refractivity contribution in [3.05, 3.63) is 17.0 Å². The molecule has 3 N–H and O–H groups in total. The fourth-order valence-electron chi connectivity index (χ4n) is 1.71. The van der Waals surface area contributed by atoms with Gasteiger partial charge in [0.2, 0.25) is 5.91 Å². The third kappa shape index (κ3) is 3.10. The quantitative estimate of drug-likeness (QED) is 0.829. The zero-order valence-electron chi connectivity index (χ0n) is 11.8. The summed E-state index contributed by atoms with van der Waals surface area (Å²) in [6, 6.07) is 0. The van der Waals surface area contributed by atoms with Crippen LogP contribution in [-0.4, -0.2) is 23.1 Å². The minimum atomic E-state index is -0.379. The Morgan fingerprint density at radius 3 is 2.50 bits per heavy atom. The Kier molecular flexibility index (Phi) is 4.51. The van der Waals surface area contributed by atoms with Crippen LogP contribution in [0.3, 0.4) is 0 Å². The van der Waals surface area contributed by atoms with Crippen LogP contribution in [0.2, 0.25) is 0 Å². The van der Waals surface area contributed by atoms with E-state index < -0.39 is 0 Å². The highest BCUT2D eigenvalue weighted by Gasteiger charge is 2.29. The first kappa shape index (κ1) is 14.7. The number of aryl methyl sites for hydroxylation is 2. The predicted molar refractivity (Wildman–Crippen MR) is 70.1 cm³/mol. The number of nitrogens with zero attached hydrogens (tertiary/aromatic N) is 1. The Hall–Kier alpha value is -1.36. The molecule has 102 valence electrons. The molecule has 0 bridgehead atoms. The average molecular weight is 253 g/mol. The van der Waals surface area contributed by atoms with Gasteiger partial charge in [0, 0.05) is 12.1 Å². The lowest BCUT2D eigenvalue weighted by Gasteiger charge is -2.33. The van der Waals surface area contributed by atoms with Crippen molar-refractivity contribution < 1.29 is 9.32 Å². The van der Waals surface area contributed by atoms with Crippen LogP contribution in [0.5, 0.6) is 0 Å². The summed E-state index contributed by atoms with van der Waals surface area (Å²) in [5.41, 5.74) is 6.99. The summed E-state index contributed by atoms with van der Waals surface area (Å²) in [6.07, 6.45) is 0.281. The van der Waals surface area contributed by atoms with Gasteiger partial charge in [-0.2, -0.15) is 0 Å². The molecule has 0 aliphatic heterocycles. The minimum Gasteiger partial charge on any atom is -0.361 e. The van der Waals surface area contributed by atoms with Crippen molar-refractivity contribution in [2.75, 3.05) is 6.54 Å². The van der Waals surface area contributed by atoms with Gasteiger partial charge in [-0.1, -0.05) is 19.0 Å². The fourth-order valence-corrected chi connectivity index (χ4v) is 1.71. The lowest BCUT2D eigenvalue weighted by Crippen LogP contribution is -2.55. The molecule has 1 atom stereocenters.